The number of carbonyl (C=O) groups excluding carboxylic acids is 1. The van der Waals surface area contributed by atoms with Crippen LogP contribution in [0.2, 0.25) is 10.0 Å². The van der Waals surface area contributed by atoms with Crippen molar-refractivity contribution in [1.29, 1.82) is 0 Å². The Labute approximate surface area is 132 Å². The third-order valence-electron chi connectivity index (χ3n) is 2.73. The Kier molecular flexibility index (Phi) is 5.22. The predicted molar refractivity (Wildman–Crippen MR) is 82.7 cm³/mol. The zero-order valence-electron chi connectivity index (χ0n) is 11.7. The van der Waals surface area contributed by atoms with Crippen LogP contribution < -0.4 is 5.32 Å². The molecule has 0 unspecified atom stereocenters. The maximum Gasteiger partial charge on any atom is 0.238 e. The summed E-state index contributed by atoms with van der Waals surface area (Å²) in [5.41, 5.74) is 1.40. The summed E-state index contributed by atoms with van der Waals surface area (Å²) in [7, 11) is 1.83. The van der Waals surface area contributed by atoms with E-state index in [0.29, 0.717) is 22.3 Å². The zero-order chi connectivity index (χ0) is 15.4. The van der Waals surface area contributed by atoms with Crippen molar-refractivity contribution >= 4 is 34.8 Å². The molecule has 0 bridgehead atoms. The summed E-state index contributed by atoms with van der Waals surface area (Å²) < 4.78 is 4.99. The number of amides is 1. The first kappa shape index (κ1) is 15.8. The minimum atomic E-state index is -0.142. The molecule has 112 valence electrons. The van der Waals surface area contributed by atoms with Gasteiger partial charge in [-0.1, -0.05) is 28.4 Å². The monoisotopic (exact) mass is 327 g/mol. The number of hydrogen-bond donors (Lipinski definition) is 1. The Balaban J connectivity index is 1.87. The number of carbonyl (C=O) groups is 1. The third kappa shape index (κ3) is 4.74. The molecule has 1 heterocycles. The van der Waals surface area contributed by atoms with Gasteiger partial charge in [-0.05, 0) is 32.2 Å². The topological polar surface area (TPSA) is 58.4 Å². The summed E-state index contributed by atoms with van der Waals surface area (Å²) in [6.45, 7) is 2.59. The smallest absolute Gasteiger partial charge is 0.238 e. The number of halogens is 2. The fourth-order valence-electron chi connectivity index (χ4n) is 1.84. The molecule has 0 spiro atoms. The van der Waals surface area contributed by atoms with E-state index in [1.807, 2.05) is 24.9 Å². The first-order chi connectivity index (χ1) is 9.94. The highest BCUT2D eigenvalue weighted by atomic mass is 35.5. The minimum Gasteiger partial charge on any atom is -0.361 e. The van der Waals surface area contributed by atoms with E-state index >= 15 is 0 Å². The van der Waals surface area contributed by atoms with Crippen molar-refractivity contribution in [3.05, 3.63) is 45.8 Å². The van der Waals surface area contributed by atoms with Gasteiger partial charge in [0, 0.05) is 18.3 Å². The molecule has 0 atom stereocenters. The lowest BCUT2D eigenvalue weighted by Gasteiger charge is -2.14. The van der Waals surface area contributed by atoms with E-state index in [0.717, 1.165) is 11.5 Å². The highest BCUT2D eigenvalue weighted by Gasteiger charge is 2.10. The molecule has 0 aliphatic heterocycles. The summed E-state index contributed by atoms with van der Waals surface area (Å²) in [4.78, 5) is 13.8. The Bertz CT molecular complexity index is 643. The normalized spacial score (nSPS) is 10.9. The second-order valence-corrected chi connectivity index (χ2v) is 5.59. The highest BCUT2D eigenvalue weighted by Crippen LogP contribution is 2.24. The molecule has 0 aliphatic rings. The molecule has 2 aromatic rings. The molecule has 0 saturated heterocycles. The second-order valence-electron chi connectivity index (χ2n) is 4.78. The molecule has 0 fully saturated rings. The number of rotatable bonds is 5. The van der Waals surface area contributed by atoms with E-state index in [2.05, 4.69) is 10.5 Å². The van der Waals surface area contributed by atoms with Gasteiger partial charge in [0.05, 0.1) is 22.3 Å². The van der Waals surface area contributed by atoms with Crippen LogP contribution in [-0.2, 0) is 11.3 Å². The number of likely N-dealkylation sites (N-methyl/N-ethyl adjacent to an activating group) is 1. The van der Waals surface area contributed by atoms with Crippen molar-refractivity contribution in [2.24, 2.45) is 0 Å². The van der Waals surface area contributed by atoms with Crippen molar-refractivity contribution in [2.75, 3.05) is 18.9 Å². The van der Waals surface area contributed by atoms with Crippen molar-refractivity contribution in [1.82, 2.24) is 10.1 Å². The standard InChI is InChI=1S/C14H15Cl2N3O2/c1-9-5-11(18-21-9)7-19(2)8-14(20)17-10-3-4-12(15)13(16)6-10/h3-6H,7-8H2,1-2H3,(H,17,20). The van der Waals surface area contributed by atoms with Gasteiger partial charge in [0.2, 0.25) is 5.91 Å². The van der Waals surface area contributed by atoms with Gasteiger partial charge in [0.15, 0.2) is 0 Å². The zero-order valence-corrected chi connectivity index (χ0v) is 13.2. The maximum absolute atomic E-state index is 11.9. The van der Waals surface area contributed by atoms with Crippen molar-refractivity contribution < 1.29 is 9.32 Å². The predicted octanol–water partition coefficient (Wildman–Crippen LogP) is 3.36. The summed E-state index contributed by atoms with van der Waals surface area (Å²) >= 11 is 11.7. The number of nitrogens with one attached hydrogen (secondary N) is 1. The molecular formula is C14H15Cl2N3O2. The Morgan fingerprint density at radius 3 is 2.71 bits per heavy atom. The molecule has 1 N–H and O–H groups in total. The van der Waals surface area contributed by atoms with Gasteiger partial charge in [-0.15, -0.1) is 0 Å². The van der Waals surface area contributed by atoms with E-state index in [-0.39, 0.29) is 12.5 Å². The van der Waals surface area contributed by atoms with Crippen LogP contribution in [0.3, 0.4) is 0 Å². The molecule has 21 heavy (non-hydrogen) atoms. The highest BCUT2D eigenvalue weighted by molar-refractivity contribution is 6.42. The molecule has 1 aromatic heterocycles. The van der Waals surface area contributed by atoms with Gasteiger partial charge in [-0.25, -0.2) is 0 Å². The van der Waals surface area contributed by atoms with E-state index < -0.39 is 0 Å². The van der Waals surface area contributed by atoms with E-state index in [1.165, 1.54) is 0 Å². The number of aromatic nitrogens is 1. The number of benzene rings is 1. The Morgan fingerprint density at radius 2 is 2.10 bits per heavy atom. The lowest BCUT2D eigenvalue weighted by Crippen LogP contribution is -2.29. The lowest BCUT2D eigenvalue weighted by molar-refractivity contribution is -0.117. The van der Waals surface area contributed by atoms with Crippen LogP contribution in [0, 0.1) is 6.92 Å². The molecule has 0 radical (unpaired) electrons. The van der Waals surface area contributed by atoms with Crippen LogP contribution in [0.25, 0.3) is 0 Å². The molecular weight excluding hydrogens is 313 g/mol. The van der Waals surface area contributed by atoms with Gasteiger partial charge in [0.1, 0.15) is 5.76 Å². The average Bonchev–Trinajstić information content (AvgIpc) is 2.79. The molecule has 2 rings (SSSR count). The van der Waals surface area contributed by atoms with Crippen molar-refractivity contribution in [3.8, 4) is 0 Å². The van der Waals surface area contributed by atoms with Crippen LogP contribution in [0.1, 0.15) is 11.5 Å². The number of nitrogens with zero attached hydrogens (tertiary/aromatic N) is 2. The molecule has 1 aromatic carbocycles. The lowest BCUT2D eigenvalue weighted by atomic mass is 10.3. The summed E-state index contributed by atoms with van der Waals surface area (Å²) in [6.07, 6.45) is 0. The maximum atomic E-state index is 11.9. The van der Waals surface area contributed by atoms with Crippen LogP contribution in [0.5, 0.6) is 0 Å². The largest absolute Gasteiger partial charge is 0.361 e. The van der Waals surface area contributed by atoms with Gasteiger partial charge in [-0.2, -0.15) is 0 Å². The number of hydrogen-bond acceptors (Lipinski definition) is 4. The fourth-order valence-corrected chi connectivity index (χ4v) is 2.14. The average molecular weight is 328 g/mol. The molecule has 0 saturated carbocycles. The van der Waals surface area contributed by atoms with Crippen molar-refractivity contribution in [3.63, 3.8) is 0 Å². The minimum absolute atomic E-state index is 0.142. The Morgan fingerprint density at radius 1 is 1.33 bits per heavy atom. The SMILES string of the molecule is Cc1cc(CN(C)CC(=O)Nc2ccc(Cl)c(Cl)c2)no1. The van der Waals surface area contributed by atoms with Crippen LogP contribution in [0.4, 0.5) is 5.69 Å². The van der Waals surface area contributed by atoms with E-state index in [1.54, 1.807) is 18.2 Å². The van der Waals surface area contributed by atoms with Crippen LogP contribution in [0.15, 0.2) is 28.8 Å². The summed E-state index contributed by atoms with van der Waals surface area (Å²) in [5.74, 6) is 0.606. The quantitative estimate of drug-likeness (QED) is 0.914. The first-order valence-electron chi connectivity index (χ1n) is 6.29. The van der Waals surface area contributed by atoms with Gasteiger partial charge < -0.3 is 9.84 Å². The van der Waals surface area contributed by atoms with Crippen LogP contribution >= 0.6 is 23.2 Å². The summed E-state index contributed by atoms with van der Waals surface area (Å²) in [6, 6.07) is 6.80. The van der Waals surface area contributed by atoms with Crippen molar-refractivity contribution in [2.45, 2.75) is 13.5 Å². The second kappa shape index (κ2) is 6.93. The van der Waals surface area contributed by atoms with Gasteiger partial charge >= 0.3 is 0 Å². The van der Waals surface area contributed by atoms with Gasteiger partial charge in [0.25, 0.3) is 0 Å². The van der Waals surface area contributed by atoms with E-state index in [4.69, 9.17) is 27.7 Å². The number of anilines is 1. The molecule has 5 nitrogen and oxygen atoms in total. The fraction of sp³-hybridized carbons (Fsp3) is 0.286. The molecule has 0 aliphatic carbocycles. The third-order valence-corrected chi connectivity index (χ3v) is 3.46. The van der Waals surface area contributed by atoms with Crippen LogP contribution in [-0.4, -0.2) is 29.6 Å². The summed E-state index contributed by atoms with van der Waals surface area (Å²) in [5, 5.41) is 7.51. The number of aryl methyl sites for hydroxylation is 1. The molecule has 1 amide bonds. The van der Waals surface area contributed by atoms with E-state index in [9.17, 15) is 4.79 Å². The van der Waals surface area contributed by atoms with Gasteiger partial charge in [-0.3, -0.25) is 9.69 Å². The first-order valence-corrected chi connectivity index (χ1v) is 7.05. The Hall–Kier alpha value is -1.56. The molecule has 7 heteroatoms.